The van der Waals surface area contributed by atoms with Crippen molar-refractivity contribution in [1.29, 1.82) is 0 Å². The van der Waals surface area contributed by atoms with Crippen LogP contribution in [0.1, 0.15) is 31.0 Å². The van der Waals surface area contributed by atoms with Crippen LogP contribution < -0.4 is 10.1 Å². The van der Waals surface area contributed by atoms with Crippen molar-refractivity contribution < 1.29 is 19.2 Å². The fourth-order valence-corrected chi connectivity index (χ4v) is 3.16. The number of hydrogen-bond donors (Lipinski definition) is 1. The third kappa shape index (κ3) is 3.98. The molecule has 0 heterocycles. The van der Waals surface area contributed by atoms with Gasteiger partial charge < -0.3 is 10.1 Å². The van der Waals surface area contributed by atoms with E-state index in [1.807, 2.05) is 30.3 Å². The average Bonchev–Trinajstić information content (AvgIpc) is 2.66. The number of fused-ring (bicyclic) bond motifs is 1. The third-order valence-corrected chi connectivity index (χ3v) is 4.24. The summed E-state index contributed by atoms with van der Waals surface area (Å²) in [5, 5.41) is 15.7. The Kier molecular flexibility index (Phi) is 5.35. The molecule has 0 saturated carbocycles. The molecule has 3 aromatic rings. The molecule has 0 spiro atoms. The van der Waals surface area contributed by atoms with Crippen molar-refractivity contribution in [2.75, 3.05) is 0 Å². The van der Waals surface area contributed by atoms with Gasteiger partial charge in [-0.15, -0.1) is 0 Å². The number of nitrogens with one attached hydrogen (secondary N) is 1. The highest BCUT2D eigenvalue weighted by molar-refractivity contribution is 5.90. The second-order valence-corrected chi connectivity index (χ2v) is 6.28. The lowest BCUT2D eigenvalue weighted by Gasteiger charge is -2.23. The monoisotopic (exact) mass is 378 g/mol. The van der Waals surface area contributed by atoms with E-state index < -0.39 is 16.9 Å². The number of amides is 1. The van der Waals surface area contributed by atoms with Gasteiger partial charge in [-0.1, -0.05) is 42.5 Å². The lowest BCUT2D eigenvalue weighted by atomic mass is 9.92. The smallest absolute Gasteiger partial charge is 0.308 e. The van der Waals surface area contributed by atoms with E-state index in [1.54, 1.807) is 18.2 Å². The Bertz CT molecular complexity index is 1080. The molecular formula is C21H18N2O5. The molecule has 7 heteroatoms. The number of nitro groups is 1. The maximum Gasteiger partial charge on any atom is 0.308 e. The molecule has 0 aliphatic rings. The van der Waals surface area contributed by atoms with Gasteiger partial charge in [0, 0.05) is 31.5 Å². The molecular weight excluding hydrogens is 360 g/mol. The van der Waals surface area contributed by atoms with Crippen LogP contribution in [0.4, 0.5) is 5.69 Å². The normalized spacial score (nSPS) is 11.6. The molecule has 0 fully saturated rings. The Morgan fingerprint density at radius 2 is 1.79 bits per heavy atom. The predicted molar refractivity (Wildman–Crippen MR) is 104 cm³/mol. The van der Waals surface area contributed by atoms with Crippen LogP contribution in [0.15, 0.2) is 60.7 Å². The summed E-state index contributed by atoms with van der Waals surface area (Å²) in [5.74, 6) is -0.535. The first-order valence-electron chi connectivity index (χ1n) is 8.58. The Labute approximate surface area is 161 Å². The number of non-ortho nitro benzene ring substituents is 1. The molecule has 0 aliphatic heterocycles. The van der Waals surface area contributed by atoms with E-state index in [1.165, 1.54) is 26.0 Å². The van der Waals surface area contributed by atoms with Crippen LogP contribution in [-0.2, 0) is 9.59 Å². The maximum absolute atomic E-state index is 11.9. The Morgan fingerprint density at radius 3 is 2.46 bits per heavy atom. The zero-order valence-corrected chi connectivity index (χ0v) is 15.3. The highest BCUT2D eigenvalue weighted by atomic mass is 16.6. The molecule has 0 aliphatic carbocycles. The largest absolute Gasteiger partial charge is 0.426 e. The number of carbonyl (C=O) groups excluding carboxylic acids is 2. The van der Waals surface area contributed by atoms with Crippen LogP contribution in [0.3, 0.4) is 0 Å². The molecule has 28 heavy (non-hydrogen) atoms. The summed E-state index contributed by atoms with van der Waals surface area (Å²) in [6.45, 7) is 2.65. The van der Waals surface area contributed by atoms with Crippen molar-refractivity contribution in [1.82, 2.24) is 5.32 Å². The summed E-state index contributed by atoms with van der Waals surface area (Å²) in [4.78, 5) is 34.3. The maximum atomic E-state index is 11.9. The van der Waals surface area contributed by atoms with Crippen molar-refractivity contribution >= 4 is 28.3 Å². The van der Waals surface area contributed by atoms with Crippen molar-refractivity contribution in [2.45, 2.75) is 19.9 Å². The number of esters is 1. The fraction of sp³-hybridized carbons (Fsp3) is 0.143. The first-order valence-corrected chi connectivity index (χ1v) is 8.58. The Hall–Kier alpha value is -3.74. The number of benzene rings is 3. The topological polar surface area (TPSA) is 98.5 Å². The van der Waals surface area contributed by atoms with Crippen molar-refractivity contribution in [3.8, 4) is 5.75 Å². The quantitative estimate of drug-likeness (QED) is 0.314. The number of hydrogen-bond acceptors (Lipinski definition) is 5. The zero-order valence-electron chi connectivity index (χ0n) is 15.3. The molecule has 7 nitrogen and oxygen atoms in total. The number of carbonyl (C=O) groups is 2. The minimum absolute atomic E-state index is 0.0953. The first-order chi connectivity index (χ1) is 13.4. The molecule has 0 unspecified atom stereocenters. The SMILES string of the molecule is CC(=O)N[C@H](c1cccc([N+](=O)[O-])c1)c1c(OC(C)=O)ccc2ccccc12. The average molecular weight is 378 g/mol. The van der Waals surface area contributed by atoms with Gasteiger partial charge in [-0.25, -0.2) is 0 Å². The lowest BCUT2D eigenvalue weighted by Crippen LogP contribution is -2.28. The van der Waals surface area contributed by atoms with Gasteiger partial charge in [-0.3, -0.25) is 19.7 Å². The molecule has 1 amide bonds. The summed E-state index contributed by atoms with van der Waals surface area (Å²) < 4.78 is 5.39. The molecule has 3 aromatic carbocycles. The van der Waals surface area contributed by atoms with Crippen LogP contribution >= 0.6 is 0 Å². The van der Waals surface area contributed by atoms with Crippen molar-refractivity contribution in [2.24, 2.45) is 0 Å². The molecule has 1 N–H and O–H groups in total. The third-order valence-electron chi connectivity index (χ3n) is 4.24. The van der Waals surface area contributed by atoms with Gasteiger partial charge in [0.25, 0.3) is 5.69 Å². The summed E-state index contributed by atoms with van der Waals surface area (Å²) in [6, 6.07) is 16.2. The van der Waals surface area contributed by atoms with Crippen molar-refractivity contribution in [3.63, 3.8) is 0 Å². The minimum atomic E-state index is -0.738. The van der Waals surface area contributed by atoms with E-state index >= 15 is 0 Å². The fourth-order valence-electron chi connectivity index (χ4n) is 3.16. The molecule has 142 valence electrons. The molecule has 1 atom stereocenters. The van der Waals surface area contributed by atoms with Gasteiger partial charge in [0.05, 0.1) is 11.0 Å². The van der Waals surface area contributed by atoms with E-state index in [2.05, 4.69) is 5.32 Å². The molecule has 3 rings (SSSR count). The minimum Gasteiger partial charge on any atom is -0.426 e. The van der Waals surface area contributed by atoms with Crippen LogP contribution in [0.5, 0.6) is 5.75 Å². The van der Waals surface area contributed by atoms with Crippen LogP contribution in [0.2, 0.25) is 0 Å². The van der Waals surface area contributed by atoms with Gasteiger partial charge in [0.15, 0.2) is 0 Å². The number of ether oxygens (including phenoxy) is 1. The molecule has 0 aromatic heterocycles. The number of nitro benzene ring substituents is 1. The van der Waals surface area contributed by atoms with Gasteiger partial charge >= 0.3 is 5.97 Å². The Balaban J connectivity index is 2.29. The summed E-state index contributed by atoms with van der Waals surface area (Å²) in [5.41, 5.74) is 0.972. The zero-order chi connectivity index (χ0) is 20.3. The second kappa shape index (κ2) is 7.87. The summed E-state index contributed by atoms with van der Waals surface area (Å²) in [7, 11) is 0. The predicted octanol–water partition coefficient (Wildman–Crippen LogP) is 3.90. The van der Waals surface area contributed by atoms with Crippen molar-refractivity contribution in [3.05, 3.63) is 81.9 Å². The standard InChI is InChI=1S/C21H18N2O5/c1-13(24)22-21(16-7-5-8-17(12-16)23(26)27)20-18-9-4-3-6-15(18)10-11-19(20)28-14(2)25/h3-12,21H,1-2H3,(H,22,24)/t21-/m1/s1. The molecule has 0 saturated heterocycles. The van der Waals surface area contributed by atoms with Gasteiger partial charge in [0.2, 0.25) is 5.91 Å². The molecule has 0 bridgehead atoms. The van der Waals surface area contributed by atoms with Crippen LogP contribution in [-0.4, -0.2) is 16.8 Å². The summed E-state index contributed by atoms with van der Waals surface area (Å²) in [6.07, 6.45) is 0. The number of nitrogens with zero attached hydrogens (tertiary/aromatic N) is 1. The summed E-state index contributed by atoms with van der Waals surface area (Å²) >= 11 is 0. The highest BCUT2D eigenvalue weighted by Crippen LogP contribution is 2.37. The van der Waals surface area contributed by atoms with E-state index in [0.29, 0.717) is 11.1 Å². The second-order valence-electron chi connectivity index (χ2n) is 6.28. The van der Waals surface area contributed by atoms with E-state index in [9.17, 15) is 19.7 Å². The molecule has 0 radical (unpaired) electrons. The van der Waals surface area contributed by atoms with Crippen LogP contribution in [0, 0.1) is 10.1 Å². The number of rotatable bonds is 5. The highest BCUT2D eigenvalue weighted by Gasteiger charge is 2.24. The van der Waals surface area contributed by atoms with E-state index in [4.69, 9.17) is 4.74 Å². The van der Waals surface area contributed by atoms with Gasteiger partial charge in [-0.2, -0.15) is 0 Å². The Morgan fingerprint density at radius 1 is 1.04 bits per heavy atom. The van der Waals surface area contributed by atoms with E-state index in [0.717, 1.165) is 10.8 Å². The van der Waals surface area contributed by atoms with E-state index in [-0.39, 0.29) is 17.3 Å². The lowest BCUT2D eigenvalue weighted by molar-refractivity contribution is -0.384. The first kappa shape index (κ1) is 19.0. The van der Waals surface area contributed by atoms with Gasteiger partial charge in [-0.05, 0) is 22.4 Å². The van der Waals surface area contributed by atoms with Crippen LogP contribution in [0.25, 0.3) is 10.8 Å². The van der Waals surface area contributed by atoms with Gasteiger partial charge in [0.1, 0.15) is 5.75 Å².